The van der Waals surface area contributed by atoms with E-state index in [9.17, 15) is 24.3 Å². The summed E-state index contributed by atoms with van der Waals surface area (Å²) in [7, 11) is 0. The van der Waals surface area contributed by atoms with E-state index >= 15 is 0 Å². The highest BCUT2D eigenvalue weighted by atomic mass is 16.6. The number of aliphatic hydroxyl groups is 1. The Hall–Kier alpha value is -2.02. The van der Waals surface area contributed by atoms with E-state index in [1.165, 1.54) is 6.92 Å². The summed E-state index contributed by atoms with van der Waals surface area (Å²) in [5.74, 6) is -0.954. The molecule has 7 heteroatoms. The first-order valence-corrected chi connectivity index (χ1v) is 12.8. The Morgan fingerprint density at radius 1 is 1.15 bits per heavy atom. The van der Waals surface area contributed by atoms with Crippen molar-refractivity contribution in [1.29, 1.82) is 0 Å². The van der Waals surface area contributed by atoms with Crippen LogP contribution >= 0.6 is 0 Å². The van der Waals surface area contributed by atoms with E-state index in [4.69, 9.17) is 9.47 Å². The fourth-order valence-corrected chi connectivity index (χ4v) is 8.09. The van der Waals surface area contributed by atoms with Crippen molar-refractivity contribution in [3.63, 3.8) is 0 Å². The minimum atomic E-state index is -1.41. The summed E-state index contributed by atoms with van der Waals surface area (Å²) >= 11 is 0. The summed E-state index contributed by atoms with van der Waals surface area (Å²) in [5.41, 5.74) is -1.25. The number of ether oxygens (including phenoxy) is 2. The van der Waals surface area contributed by atoms with Crippen LogP contribution in [-0.2, 0) is 28.7 Å². The number of carbonyl (C=O) groups is 4. The Kier molecular flexibility index (Phi) is 6.56. The Morgan fingerprint density at radius 3 is 2.56 bits per heavy atom. The molecule has 188 valence electrons. The molecule has 0 aromatic carbocycles. The van der Waals surface area contributed by atoms with Crippen molar-refractivity contribution in [3.05, 3.63) is 11.6 Å². The summed E-state index contributed by atoms with van der Waals surface area (Å²) in [4.78, 5) is 49.8. The summed E-state index contributed by atoms with van der Waals surface area (Å²) in [6.07, 6.45) is 6.23. The molecule has 7 nitrogen and oxygen atoms in total. The number of hydrogen-bond acceptors (Lipinski definition) is 7. The van der Waals surface area contributed by atoms with Crippen LogP contribution < -0.4 is 0 Å². The molecule has 0 aromatic heterocycles. The second kappa shape index (κ2) is 8.89. The van der Waals surface area contributed by atoms with Gasteiger partial charge in [-0.15, -0.1) is 0 Å². The zero-order valence-corrected chi connectivity index (χ0v) is 20.9. The van der Waals surface area contributed by atoms with Gasteiger partial charge in [-0.25, -0.2) is 0 Å². The zero-order valence-electron chi connectivity index (χ0n) is 20.9. The van der Waals surface area contributed by atoms with Gasteiger partial charge in [-0.2, -0.15) is 0 Å². The lowest BCUT2D eigenvalue weighted by Gasteiger charge is -2.60. The van der Waals surface area contributed by atoms with E-state index < -0.39 is 41.4 Å². The van der Waals surface area contributed by atoms with Crippen molar-refractivity contribution in [2.45, 2.75) is 97.2 Å². The summed E-state index contributed by atoms with van der Waals surface area (Å²) in [6, 6.07) is 0. The lowest BCUT2D eigenvalue weighted by Crippen LogP contribution is -2.63. The number of Topliss-reactive ketones (excluding diaryl/α,β-unsaturated/α-hetero) is 1. The van der Waals surface area contributed by atoms with Gasteiger partial charge in [-0.1, -0.05) is 26.3 Å². The first kappa shape index (κ1) is 25.1. The molecule has 0 radical (unpaired) electrons. The van der Waals surface area contributed by atoms with E-state index in [1.54, 1.807) is 6.08 Å². The fraction of sp³-hybridized carbons (Fsp3) is 0.778. The first-order chi connectivity index (χ1) is 16.0. The average Bonchev–Trinajstić information content (AvgIpc) is 3.04. The SMILES string of the molecule is CCCC(=O)O[C@@]1(C(=O)COC(C)=O)CC[C@H]2[C@@H]3CCC4=CC(=O)CC[C@]4(C)[C@H]3[C@@H](O)C[C@@]21C. The quantitative estimate of drug-likeness (QED) is 0.585. The maximum atomic E-state index is 13.6. The van der Waals surface area contributed by atoms with Gasteiger partial charge in [0.1, 0.15) is 0 Å². The standard InChI is InChI=1S/C27H38O7/c1-5-6-23(32)34-27(22(31)15-33-16(2)28)12-10-20-19-8-7-17-13-18(29)9-11-25(17,3)24(19)21(30)14-26(20,27)4/h13,19-21,24,30H,5-12,14-15H2,1-4H3/t19-,20-,21-,24+,25-,26-,27+/m0/s1. The number of aliphatic hydroxyl groups excluding tert-OH is 1. The maximum absolute atomic E-state index is 13.6. The van der Waals surface area contributed by atoms with Crippen LogP contribution in [0.25, 0.3) is 0 Å². The third-order valence-corrected chi connectivity index (χ3v) is 9.62. The van der Waals surface area contributed by atoms with E-state index in [1.807, 2.05) is 13.8 Å². The molecule has 7 atom stereocenters. The van der Waals surface area contributed by atoms with Gasteiger partial charge in [-0.3, -0.25) is 19.2 Å². The molecule has 0 aromatic rings. The van der Waals surface area contributed by atoms with Crippen molar-refractivity contribution in [2.24, 2.45) is 28.6 Å². The van der Waals surface area contributed by atoms with E-state index in [-0.39, 0.29) is 35.4 Å². The molecule has 34 heavy (non-hydrogen) atoms. The highest BCUT2D eigenvalue weighted by molar-refractivity contribution is 5.93. The summed E-state index contributed by atoms with van der Waals surface area (Å²) in [6.45, 7) is 6.86. The fourth-order valence-electron chi connectivity index (χ4n) is 8.09. The van der Waals surface area contributed by atoms with Crippen LogP contribution in [0.4, 0.5) is 0 Å². The van der Waals surface area contributed by atoms with E-state index in [0.29, 0.717) is 32.1 Å². The Morgan fingerprint density at radius 2 is 1.88 bits per heavy atom. The second-order valence-corrected chi connectivity index (χ2v) is 11.4. The Balaban J connectivity index is 1.71. The highest BCUT2D eigenvalue weighted by Gasteiger charge is 2.70. The lowest BCUT2D eigenvalue weighted by atomic mass is 9.45. The van der Waals surface area contributed by atoms with Crippen molar-refractivity contribution in [3.8, 4) is 0 Å². The van der Waals surface area contributed by atoms with Gasteiger partial charge in [-0.05, 0) is 74.2 Å². The molecule has 4 aliphatic rings. The number of hydrogen-bond donors (Lipinski definition) is 1. The molecule has 4 aliphatic carbocycles. The first-order valence-electron chi connectivity index (χ1n) is 12.8. The van der Waals surface area contributed by atoms with Crippen molar-refractivity contribution < 1.29 is 33.8 Å². The number of ketones is 2. The Labute approximate surface area is 201 Å². The molecule has 0 aliphatic heterocycles. The van der Waals surface area contributed by atoms with Gasteiger partial charge in [0.2, 0.25) is 5.78 Å². The summed E-state index contributed by atoms with van der Waals surface area (Å²) < 4.78 is 11.1. The van der Waals surface area contributed by atoms with Crippen LogP contribution in [0.5, 0.6) is 0 Å². The van der Waals surface area contributed by atoms with Crippen molar-refractivity contribution in [1.82, 2.24) is 0 Å². The molecule has 0 unspecified atom stereocenters. The van der Waals surface area contributed by atoms with Crippen molar-refractivity contribution in [2.75, 3.05) is 6.61 Å². The van der Waals surface area contributed by atoms with E-state index in [0.717, 1.165) is 24.8 Å². The molecule has 3 fully saturated rings. The molecule has 1 N–H and O–H groups in total. The van der Waals surface area contributed by atoms with Gasteiger partial charge in [0.25, 0.3) is 0 Å². The summed E-state index contributed by atoms with van der Waals surface area (Å²) in [5, 5.41) is 11.6. The topological polar surface area (TPSA) is 107 Å². The van der Waals surface area contributed by atoms with Crippen LogP contribution in [0.1, 0.15) is 85.5 Å². The van der Waals surface area contributed by atoms with Crippen LogP contribution in [-0.4, -0.2) is 46.9 Å². The minimum absolute atomic E-state index is 0.00406. The molecule has 3 saturated carbocycles. The van der Waals surface area contributed by atoms with Crippen LogP contribution in [0.2, 0.25) is 0 Å². The van der Waals surface area contributed by atoms with Crippen molar-refractivity contribution >= 4 is 23.5 Å². The third-order valence-electron chi connectivity index (χ3n) is 9.62. The lowest BCUT2D eigenvalue weighted by molar-refractivity contribution is -0.203. The van der Waals surface area contributed by atoms with Gasteiger partial charge >= 0.3 is 11.9 Å². The smallest absolute Gasteiger partial charge is 0.306 e. The van der Waals surface area contributed by atoms with Crippen LogP contribution in [0.3, 0.4) is 0 Å². The highest BCUT2D eigenvalue weighted by Crippen LogP contribution is 2.68. The van der Waals surface area contributed by atoms with Gasteiger partial charge in [0.05, 0.1) is 6.10 Å². The largest absolute Gasteiger partial charge is 0.458 e. The molecule has 0 saturated heterocycles. The average molecular weight is 475 g/mol. The molecule has 4 rings (SSSR count). The Bertz CT molecular complexity index is 922. The molecule has 0 spiro atoms. The number of esters is 2. The number of fused-ring (bicyclic) bond motifs is 5. The maximum Gasteiger partial charge on any atom is 0.306 e. The van der Waals surface area contributed by atoms with Crippen LogP contribution in [0.15, 0.2) is 11.6 Å². The second-order valence-electron chi connectivity index (χ2n) is 11.4. The predicted molar refractivity (Wildman–Crippen MR) is 123 cm³/mol. The van der Waals surface area contributed by atoms with Gasteiger partial charge in [0.15, 0.2) is 18.0 Å². The third kappa shape index (κ3) is 3.75. The normalized spacial score (nSPS) is 41.0. The van der Waals surface area contributed by atoms with Gasteiger partial charge in [0, 0.05) is 25.2 Å². The van der Waals surface area contributed by atoms with Gasteiger partial charge < -0.3 is 14.6 Å². The monoisotopic (exact) mass is 474 g/mol. The molecule has 0 amide bonds. The van der Waals surface area contributed by atoms with Crippen LogP contribution in [0, 0.1) is 28.6 Å². The molecule has 0 heterocycles. The number of carbonyl (C=O) groups excluding carboxylic acids is 4. The number of allylic oxidation sites excluding steroid dienone is 1. The zero-order chi connectivity index (χ0) is 24.9. The predicted octanol–water partition coefficient (Wildman–Crippen LogP) is 3.70. The molecule has 0 bridgehead atoms. The molecular formula is C27H38O7. The van der Waals surface area contributed by atoms with E-state index in [2.05, 4.69) is 6.92 Å². The minimum Gasteiger partial charge on any atom is -0.458 e. The number of rotatable bonds is 6. The molecular weight excluding hydrogens is 436 g/mol.